The first kappa shape index (κ1) is 59.4. The van der Waals surface area contributed by atoms with Crippen molar-refractivity contribution in [3.05, 3.63) is 88.1 Å². The van der Waals surface area contributed by atoms with E-state index in [0.717, 1.165) is 23.3 Å². The van der Waals surface area contributed by atoms with Gasteiger partial charge in [-0.15, -0.1) is 11.3 Å². The molecule has 2 aromatic carbocycles. The van der Waals surface area contributed by atoms with E-state index in [2.05, 4.69) is 25.6 Å². The molecule has 3 aliphatic rings. The number of amides is 4. The SMILES string of the molecule is COC(=O)N[C@H](C(=O)N1CCC[C@H]1c1ncc(-c2cc(F)c3c(c2)OC(c2ccc(CC(F)(F)F)s2)n2c-3cc3cc(-c4cnc([C@@H]5CCCN5C(=O)[C@@H](NC(=O)OC)C(C)C)[nH]4)ccc32)[nH]1)C(C)C.S.S.S.S. The van der Waals surface area contributed by atoms with Gasteiger partial charge in [-0.05, 0) is 80.0 Å². The number of methoxy groups -OCH3 is 2. The summed E-state index contributed by atoms with van der Waals surface area (Å²) < 4.78 is 75.6. The number of fused-ring (bicyclic) bond motifs is 5. The Bertz CT molecular complexity index is 2980. The molecular formula is C49H61F4N9O7S5. The fraction of sp³-hybridized carbons (Fsp3) is 0.429. The molecular weight excluding hydrogens is 1060 g/mol. The molecule has 0 radical (unpaired) electrons. The summed E-state index contributed by atoms with van der Waals surface area (Å²) in [5.74, 6) is -0.325. The molecule has 25 heteroatoms. The van der Waals surface area contributed by atoms with Crippen molar-refractivity contribution in [1.29, 1.82) is 0 Å². The van der Waals surface area contributed by atoms with E-state index in [9.17, 15) is 32.3 Å². The van der Waals surface area contributed by atoms with E-state index >= 15 is 4.39 Å². The lowest BCUT2D eigenvalue weighted by atomic mass is 10.0. The van der Waals surface area contributed by atoms with E-state index in [4.69, 9.17) is 19.2 Å². The van der Waals surface area contributed by atoms with Gasteiger partial charge in [-0.3, -0.25) is 14.2 Å². The lowest BCUT2D eigenvalue weighted by Gasteiger charge is -2.30. The topological polar surface area (TPSA) is 189 Å². The molecule has 4 aromatic heterocycles. The number of likely N-dealkylation sites (tertiary alicyclic amines) is 2. The number of alkyl carbamates (subject to hydrolysis) is 2. The van der Waals surface area contributed by atoms with Crippen LogP contribution in [0, 0.1) is 17.7 Å². The highest BCUT2D eigenvalue weighted by Crippen LogP contribution is 2.49. The zero-order chi connectivity index (χ0) is 49.8. The maximum absolute atomic E-state index is 16.9. The second-order valence-electron chi connectivity index (χ2n) is 18.5. The summed E-state index contributed by atoms with van der Waals surface area (Å²) in [5, 5.41) is 6.00. The van der Waals surface area contributed by atoms with Crippen molar-refractivity contribution in [2.24, 2.45) is 11.8 Å². The molecule has 0 saturated carbocycles. The van der Waals surface area contributed by atoms with Crippen LogP contribution < -0.4 is 15.4 Å². The number of nitrogens with one attached hydrogen (secondary N) is 4. The number of imidazole rings is 2. The van der Waals surface area contributed by atoms with Gasteiger partial charge >= 0.3 is 18.4 Å². The van der Waals surface area contributed by atoms with Gasteiger partial charge in [0.05, 0.1) is 78.2 Å². The fourth-order valence-corrected chi connectivity index (χ4v) is 10.9. The molecule has 3 aliphatic heterocycles. The molecule has 4 amide bonds. The number of nitrogens with zero attached hydrogens (tertiary/aromatic N) is 5. The van der Waals surface area contributed by atoms with E-state index in [1.807, 2.05) is 52.0 Å². The summed E-state index contributed by atoms with van der Waals surface area (Å²) in [7, 11) is 2.48. The van der Waals surface area contributed by atoms with Gasteiger partial charge in [0.1, 0.15) is 35.3 Å². The molecule has 0 aliphatic carbocycles. The van der Waals surface area contributed by atoms with Gasteiger partial charge in [0, 0.05) is 34.5 Å². The second-order valence-corrected chi connectivity index (χ2v) is 19.7. The molecule has 9 rings (SSSR count). The Morgan fingerprint density at radius 3 is 1.82 bits per heavy atom. The van der Waals surface area contributed by atoms with Crippen LogP contribution in [0.2, 0.25) is 0 Å². The molecule has 2 saturated heterocycles. The summed E-state index contributed by atoms with van der Waals surface area (Å²) >= 11 is 0.967. The third-order valence-electron chi connectivity index (χ3n) is 13.2. The summed E-state index contributed by atoms with van der Waals surface area (Å²) in [6.45, 7) is 8.28. The molecule has 4 N–H and O–H groups in total. The van der Waals surface area contributed by atoms with Gasteiger partial charge in [0.15, 0.2) is 0 Å². The Labute approximate surface area is 456 Å². The van der Waals surface area contributed by atoms with Crippen LogP contribution in [0.5, 0.6) is 5.75 Å². The third-order valence-corrected chi connectivity index (χ3v) is 14.3. The van der Waals surface area contributed by atoms with E-state index < -0.39 is 55.0 Å². The first-order valence-corrected chi connectivity index (χ1v) is 24.0. The van der Waals surface area contributed by atoms with Gasteiger partial charge in [-0.25, -0.2) is 23.9 Å². The molecule has 16 nitrogen and oxygen atoms in total. The lowest BCUT2D eigenvalue weighted by Crippen LogP contribution is -2.51. The third kappa shape index (κ3) is 11.8. The number of benzene rings is 2. The van der Waals surface area contributed by atoms with Gasteiger partial charge in [-0.1, -0.05) is 33.8 Å². The van der Waals surface area contributed by atoms with Crippen molar-refractivity contribution < 1.29 is 51.0 Å². The number of ether oxygens (including phenoxy) is 3. The quantitative estimate of drug-likeness (QED) is 0.0865. The minimum atomic E-state index is -4.43. The van der Waals surface area contributed by atoms with Crippen LogP contribution in [-0.2, 0) is 25.5 Å². The fourth-order valence-electron chi connectivity index (χ4n) is 9.80. The summed E-state index contributed by atoms with van der Waals surface area (Å²) in [4.78, 5) is 71.8. The number of carbonyl (C=O) groups is 4. The van der Waals surface area contributed by atoms with E-state index in [-0.39, 0.29) is 99.9 Å². The second kappa shape index (κ2) is 24.0. The number of halogens is 4. The molecule has 6 aromatic rings. The zero-order valence-electron chi connectivity index (χ0n) is 41.3. The van der Waals surface area contributed by atoms with Crippen LogP contribution >= 0.6 is 65.3 Å². The summed E-state index contributed by atoms with van der Waals surface area (Å²) in [6, 6.07) is 11.1. The molecule has 0 bridgehead atoms. The Kier molecular flexibility index (Phi) is 19.3. The molecule has 0 spiro atoms. The number of hydrogen-bond donors (Lipinski definition) is 4. The standard InChI is InChI=1S/C49H53F4N9O7S.4H2S/c1-24(2)40(58-47(65)67-5)44(63)60-15-7-9-34(60)42-54-22-31(56-42)26-11-13-33-28(17-26)19-36-39-30(50)18-27(20-37(39)69-46(62(33)36)38-14-12-29(70-38)21-49(51,52)53)32-23-55-43(57-32)35-10-8-16-61(35)45(64)41(25(3)4)59-48(66)68-6;;;;/h11-14,17-20,22-25,34-35,40-41,46H,7-10,15-16,21H2,1-6H3,(H,54,56)(H,55,57)(H,58,65)(H,59,66);4*1H2/t34-,35-,40-,41-,46?;;;;/m0..../s1. The smallest absolute Gasteiger partial charge is 0.407 e. The highest BCUT2D eigenvalue weighted by Gasteiger charge is 2.40. The molecule has 402 valence electrons. The van der Waals surface area contributed by atoms with Gasteiger partial charge in [0.25, 0.3) is 0 Å². The number of thiophene rings is 1. The molecule has 1 unspecified atom stereocenters. The number of hydrogen-bond acceptors (Lipinski definition) is 10. The number of H-pyrrole nitrogens is 2. The number of rotatable bonds is 12. The molecule has 74 heavy (non-hydrogen) atoms. The van der Waals surface area contributed by atoms with Crippen LogP contribution in [0.4, 0.5) is 27.2 Å². The Hall–Kier alpha value is -5.50. The van der Waals surface area contributed by atoms with Gasteiger partial charge < -0.3 is 44.6 Å². The molecule has 7 heterocycles. The maximum atomic E-state index is 16.9. The van der Waals surface area contributed by atoms with Crippen LogP contribution in [0.25, 0.3) is 44.7 Å². The number of aromatic nitrogens is 5. The number of alkyl halides is 3. The predicted octanol–water partition coefficient (Wildman–Crippen LogP) is 9.87. The molecule has 2 fully saturated rings. The minimum Gasteiger partial charge on any atom is -0.464 e. The minimum absolute atomic E-state index is 0. The average Bonchev–Trinajstić information content (AvgIpc) is 4.18. The predicted molar refractivity (Wildman–Crippen MR) is 293 cm³/mol. The molecule has 5 atom stereocenters. The largest absolute Gasteiger partial charge is 0.464 e. The van der Waals surface area contributed by atoms with Crippen LogP contribution in [-0.4, -0.2) is 104 Å². The Morgan fingerprint density at radius 1 is 0.770 bits per heavy atom. The van der Waals surface area contributed by atoms with E-state index in [1.165, 1.54) is 26.4 Å². The first-order valence-electron chi connectivity index (χ1n) is 23.1. The van der Waals surface area contributed by atoms with E-state index in [0.29, 0.717) is 82.4 Å². The van der Waals surface area contributed by atoms with Crippen molar-refractivity contribution >= 4 is 100 Å². The van der Waals surface area contributed by atoms with Gasteiger partial charge in [0.2, 0.25) is 18.0 Å². The van der Waals surface area contributed by atoms with Crippen LogP contribution in [0.3, 0.4) is 0 Å². The average molecular weight is 1120 g/mol. The number of aromatic amines is 2. The summed E-state index contributed by atoms with van der Waals surface area (Å²) in [6.07, 6.45) is -1.98. The summed E-state index contributed by atoms with van der Waals surface area (Å²) in [5.41, 5.74) is 3.50. The highest BCUT2D eigenvalue weighted by molar-refractivity contribution is 7.59. The lowest BCUT2D eigenvalue weighted by molar-refractivity contribution is -0.136. The first-order chi connectivity index (χ1) is 33.4. The van der Waals surface area contributed by atoms with Crippen molar-refractivity contribution in [3.8, 4) is 39.5 Å². The zero-order valence-corrected chi connectivity index (χ0v) is 46.1. The Morgan fingerprint density at radius 2 is 1.31 bits per heavy atom. The Balaban J connectivity index is 0.00000253. The van der Waals surface area contributed by atoms with Crippen molar-refractivity contribution in [2.75, 3.05) is 27.3 Å². The maximum Gasteiger partial charge on any atom is 0.407 e. The van der Waals surface area contributed by atoms with Crippen molar-refractivity contribution in [3.63, 3.8) is 0 Å². The van der Waals surface area contributed by atoms with Crippen LogP contribution in [0.1, 0.15) is 93.1 Å². The van der Waals surface area contributed by atoms with Crippen molar-refractivity contribution in [1.82, 2.24) is 44.9 Å². The number of carbonyl (C=O) groups excluding carboxylic acids is 4. The van der Waals surface area contributed by atoms with Crippen molar-refractivity contribution in [2.45, 2.75) is 96.4 Å². The normalized spacial score (nSPS) is 17.7. The van der Waals surface area contributed by atoms with E-state index in [1.54, 1.807) is 38.9 Å². The van der Waals surface area contributed by atoms with Gasteiger partial charge in [-0.2, -0.15) is 67.2 Å². The van der Waals surface area contributed by atoms with Crippen LogP contribution in [0.15, 0.2) is 60.9 Å². The highest BCUT2D eigenvalue weighted by atomic mass is 32.1. The monoisotopic (exact) mass is 1120 g/mol.